The van der Waals surface area contributed by atoms with Crippen LogP contribution in [-0.2, 0) is 19.4 Å². The van der Waals surface area contributed by atoms with Gasteiger partial charge in [0.1, 0.15) is 5.75 Å². The third kappa shape index (κ3) is 3.44. The van der Waals surface area contributed by atoms with Gasteiger partial charge in [-0.2, -0.15) is 0 Å². The van der Waals surface area contributed by atoms with Gasteiger partial charge in [0.25, 0.3) is 0 Å². The van der Waals surface area contributed by atoms with E-state index in [1.54, 1.807) is 7.11 Å². The van der Waals surface area contributed by atoms with Crippen LogP contribution >= 0.6 is 0 Å². The van der Waals surface area contributed by atoms with Crippen LogP contribution in [0, 0.1) is 0 Å². The van der Waals surface area contributed by atoms with Crippen molar-refractivity contribution in [1.29, 1.82) is 0 Å². The first-order valence-electron chi connectivity index (χ1n) is 8.46. The second kappa shape index (κ2) is 6.79. The van der Waals surface area contributed by atoms with E-state index in [0.717, 1.165) is 43.7 Å². The Morgan fingerprint density at radius 2 is 2.09 bits per heavy atom. The van der Waals surface area contributed by atoms with Crippen molar-refractivity contribution in [2.45, 2.75) is 38.3 Å². The van der Waals surface area contributed by atoms with Crippen LogP contribution in [-0.4, -0.2) is 56.2 Å². The maximum Gasteiger partial charge on any atom is 0.317 e. The second-order valence-corrected chi connectivity index (χ2v) is 6.80. The first kappa shape index (κ1) is 16.1. The molecule has 0 saturated carbocycles. The highest BCUT2D eigenvalue weighted by Crippen LogP contribution is 2.29. The van der Waals surface area contributed by atoms with Crippen molar-refractivity contribution in [1.82, 2.24) is 15.1 Å². The van der Waals surface area contributed by atoms with Crippen LogP contribution in [0.3, 0.4) is 0 Å². The number of fused-ring (bicyclic) bond motifs is 1. The van der Waals surface area contributed by atoms with E-state index in [1.165, 1.54) is 17.5 Å². The van der Waals surface area contributed by atoms with Gasteiger partial charge < -0.3 is 19.9 Å². The highest BCUT2D eigenvalue weighted by molar-refractivity contribution is 5.74. The predicted octanol–water partition coefficient (Wildman–Crippen LogP) is 2.03. The summed E-state index contributed by atoms with van der Waals surface area (Å²) in [6.45, 7) is 2.16. The van der Waals surface area contributed by atoms with Crippen LogP contribution < -0.4 is 10.1 Å². The normalized spacial score (nSPS) is 20.0. The lowest BCUT2D eigenvalue weighted by Crippen LogP contribution is -2.40. The van der Waals surface area contributed by atoms with Gasteiger partial charge in [-0.15, -0.1) is 0 Å². The summed E-state index contributed by atoms with van der Waals surface area (Å²) in [4.78, 5) is 16.5. The van der Waals surface area contributed by atoms with Crippen molar-refractivity contribution < 1.29 is 9.53 Å². The van der Waals surface area contributed by atoms with Gasteiger partial charge in [-0.3, -0.25) is 0 Å². The first-order valence-corrected chi connectivity index (χ1v) is 8.46. The summed E-state index contributed by atoms with van der Waals surface area (Å²) >= 11 is 0. The topological polar surface area (TPSA) is 44.8 Å². The molecular formula is C18H27N3O2. The zero-order valence-electron chi connectivity index (χ0n) is 14.4. The van der Waals surface area contributed by atoms with Crippen LogP contribution in [0.4, 0.5) is 4.79 Å². The minimum Gasteiger partial charge on any atom is -0.496 e. The number of nitrogens with one attached hydrogen (secondary N) is 1. The summed E-state index contributed by atoms with van der Waals surface area (Å²) < 4.78 is 5.51. The van der Waals surface area contributed by atoms with Gasteiger partial charge in [-0.05, 0) is 57.0 Å². The van der Waals surface area contributed by atoms with Crippen molar-refractivity contribution >= 4 is 6.03 Å². The van der Waals surface area contributed by atoms with E-state index >= 15 is 0 Å². The Balaban J connectivity index is 1.61. The molecule has 0 spiro atoms. The van der Waals surface area contributed by atoms with E-state index in [2.05, 4.69) is 36.4 Å². The fraction of sp³-hybridized carbons (Fsp3) is 0.611. The predicted molar refractivity (Wildman–Crippen MR) is 90.9 cm³/mol. The zero-order chi connectivity index (χ0) is 16.4. The summed E-state index contributed by atoms with van der Waals surface area (Å²) in [5, 5.41) is 3.05. The number of hydrogen-bond acceptors (Lipinski definition) is 3. The number of benzene rings is 1. The molecule has 0 bridgehead atoms. The van der Waals surface area contributed by atoms with E-state index in [4.69, 9.17) is 4.74 Å². The van der Waals surface area contributed by atoms with Gasteiger partial charge in [-0.1, -0.05) is 6.07 Å². The minimum atomic E-state index is 0.0249. The van der Waals surface area contributed by atoms with E-state index in [0.29, 0.717) is 12.6 Å². The molecule has 1 aromatic rings. The molecule has 1 saturated heterocycles. The van der Waals surface area contributed by atoms with Crippen LogP contribution in [0.25, 0.3) is 0 Å². The standard InChI is InChI=1S/C18H27N3O2/c1-20(2)16-7-8-21(12-16)18(22)19-11-15-9-13-5-4-6-14(13)10-17(15)23-3/h9-10,16H,4-8,11-12H2,1-3H3,(H,19,22)/t16-/m1/s1. The number of urea groups is 1. The monoisotopic (exact) mass is 317 g/mol. The number of aryl methyl sites for hydroxylation is 2. The molecule has 1 atom stereocenters. The van der Waals surface area contributed by atoms with Crippen LogP contribution in [0.2, 0.25) is 0 Å². The molecule has 1 N–H and O–H groups in total. The Kier molecular flexibility index (Phi) is 4.76. The molecule has 0 aromatic heterocycles. The smallest absolute Gasteiger partial charge is 0.317 e. The maximum absolute atomic E-state index is 12.4. The number of methoxy groups -OCH3 is 1. The van der Waals surface area contributed by atoms with Crippen LogP contribution in [0.5, 0.6) is 5.75 Å². The Morgan fingerprint density at radius 3 is 2.74 bits per heavy atom. The maximum atomic E-state index is 12.4. The van der Waals surface area contributed by atoms with Crippen molar-refractivity contribution in [3.8, 4) is 5.75 Å². The second-order valence-electron chi connectivity index (χ2n) is 6.80. The van der Waals surface area contributed by atoms with Crippen molar-refractivity contribution in [3.63, 3.8) is 0 Å². The number of amides is 2. The molecule has 1 aliphatic carbocycles. The molecule has 126 valence electrons. The number of likely N-dealkylation sites (tertiary alicyclic amines) is 1. The summed E-state index contributed by atoms with van der Waals surface area (Å²) in [7, 11) is 5.84. The molecule has 1 heterocycles. The fourth-order valence-corrected chi connectivity index (χ4v) is 3.61. The summed E-state index contributed by atoms with van der Waals surface area (Å²) in [6.07, 6.45) is 4.53. The quantitative estimate of drug-likeness (QED) is 0.924. The largest absolute Gasteiger partial charge is 0.496 e. The Morgan fingerprint density at radius 1 is 1.35 bits per heavy atom. The van der Waals surface area contributed by atoms with Gasteiger partial charge in [-0.25, -0.2) is 4.79 Å². The number of carbonyl (C=O) groups is 1. The molecule has 5 heteroatoms. The lowest BCUT2D eigenvalue weighted by atomic mass is 10.1. The van der Waals surface area contributed by atoms with Gasteiger partial charge in [0.15, 0.2) is 0 Å². The Bertz CT molecular complexity index is 586. The molecule has 2 aliphatic rings. The molecule has 1 aromatic carbocycles. The van der Waals surface area contributed by atoms with Crippen molar-refractivity contribution in [2.24, 2.45) is 0 Å². The van der Waals surface area contributed by atoms with Gasteiger partial charge in [0, 0.05) is 31.2 Å². The molecule has 2 amide bonds. The highest BCUT2D eigenvalue weighted by atomic mass is 16.5. The third-order valence-electron chi connectivity index (χ3n) is 5.11. The summed E-state index contributed by atoms with van der Waals surface area (Å²) in [6, 6.07) is 4.84. The van der Waals surface area contributed by atoms with Crippen LogP contribution in [0.1, 0.15) is 29.5 Å². The van der Waals surface area contributed by atoms with Crippen molar-refractivity contribution in [3.05, 3.63) is 28.8 Å². The average molecular weight is 317 g/mol. The number of rotatable bonds is 4. The lowest BCUT2D eigenvalue weighted by Gasteiger charge is -2.21. The molecule has 1 fully saturated rings. The molecular weight excluding hydrogens is 290 g/mol. The Hall–Kier alpha value is -1.75. The zero-order valence-corrected chi connectivity index (χ0v) is 14.4. The van der Waals surface area contributed by atoms with Gasteiger partial charge in [0.2, 0.25) is 0 Å². The molecule has 1 aliphatic heterocycles. The van der Waals surface area contributed by atoms with E-state index in [-0.39, 0.29) is 6.03 Å². The van der Waals surface area contributed by atoms with Crippen molar-refractivity contribution in [2.75, 3.05) is 34.3 Å². The average Bonchev–Trinajstić information content (AvgIpc) is 3.20. The Labute approximate surface area is 138 Å². The number of carbonyl (C=O) groups excluding carboxylic acids is 1. The highest BCUT2D eigenvalue weighted by Gasteiger charge is 2.27. The molecule has 5 nitrogen and oxygen atoms in total. The number of ether oxygens (including phenoxy) is 1. The first-order chi connectivity index (χ1) is 11.1. The number of nitrogens with zero attached hydrogens (tertiary/aromatic N) is 2. The van der Waals surface area contributed by atoms with Crippen LogP contribution in [0.15, 0.2) is 12.1 Å². The molecule has 3 rings (SSSR count). The van der Waals surface area contributed by atoms with Gasteiger partial charge in [0.05, 0.1) is 7.11 Å². The van der Waals surface area contributed by atoms with E-state index in [9.17, 15) is 4.79 Å². The molecule has 0 unspecified atom stereocenters. The fourth-order valence-electron chi connectivity index (χ4n) is 3.61. The molecule has 0 radical (unpaired) electrons. The van der Waals surface area contributed by atoms with Gasteiger partial charge >= 0.3 is 6.03 Å². The minimum absolute atomic E-state index is 0.0249. The number of hydrogen-bond donors (Lipinski definition) is 1. The third-order valence-corrected chi connectivity index (χ3v) is 5.11. The summed E-state index contributed by atoms with van der Waals surface area (Å²) in [5.41, 5.74) is 3.87. The lowest BCUT2D eigenvalue weighted by molar-refractivity contribution is 0.203. The molecule has 23 heavy (non-hydrogen) atoms. The van der Waals surface area contributed by atoms with E-state index in [1.807, 2.05) is 4.90 Å². The summed E-state index contributed by atoms with van der Waals surface area (Å²) in [5.74, 6) is 0.888. The van der Waals surface area contributed by atoms with E-state index < -0.39 is 0 Å². The SMILES string of the molecule is COc1cc2c(cc1CNC(=O)N1CC[C@@H](N(C)C)C1)CCC2. The number of likely N-dealkylation sites (N-methyl/N-ethyl adjacent to an activating group) is 1.